The normalized spacial score (nSPS) is 12.9. The number of amides is 6. The number of aliphatic imine (C=N–C) groups is 4. The zero-order valence-corrected chi connectivity index (χ0v) is 37.0. The van der Waals surface area contributed by atoms with Crippen LogP contribution < -0.4 is 88.6 Å². The highest BCUT2D eigenvalue weighted by molar-refractivity contribution is 5.99. The number of nitrogens with one attached hydrogen (secondary N) is 6. The number of nitro benzene ring substituents is 3. The van der Waals surface area contributed by atoms with Gasteiger partial charge in [0.2, 0.25) is 36.8 Å². The number of hydrogen-bond acceptors (Lipinski definition) is 21. The molecular formula is C35H45N23O15. The van der Waals surface area contributed by atoms with E-state index in [-0.39, 0.29) is 16.8 Å². The summed E-state index contributed by atoms with van der Waals surface area (Å²) >= 11 is 0. The summed E-state index contributed by atoms with van der Waals surface area (Å²) < 4.78 is 0. The smallest absolute Gasteiger partial charge is 0.299 e. The first-order valence-electron chi connectivity index (χ1n) is 19.7. The van der Waals surface area contributed by atoms with Gasteiger partial charge in [0.25, 0.3) is 46.6 Å². The highest BCUT2D eigenvalue weighted by atomic mass is 17.2. The van der Waals surface area contributed by atoms with Gasteiger partial charge in [0, 0.05) is 17.7 Å². The predicted molar refractivity (Wildman–Crippen MR) is 250 cm³/mol. The van der Waals surface area contributed by atoms with E-state index in [1.165, 1.54) is 30.3 Å². The van der Waals surface area contributed by atoms with E-state index >= 15 is 0 Å². The molecule has 0 spiro atoms. The molecule has 3 aromatic rings. The quantitative estimate of drug-likeness (QED) is 0.00936. The van der Waals surface area contributed by atoms with Crippen LogP contribution in [0.25, 0.3) is 0 Å². The Labute approximate surface area is 406 Å². The van der Waals surface area contributed by atoms with Gasteiger partial charge in [0.1, 0.15) is 11.7 Å². The summed E-state index contributed by atoms with van der Waals surface area (Å²) in [5.74, 6) is -12.0. The minimum absolute atomic E-state index is 0.109. The maximum absolute atomic E-state index is 14.2. The Morgan fingerprint density at radius 1 is 0.575 bits per heavy atom. The van der Waals surface area contributed by atoms with E-state index in [2.05, 4.69) is 35.6 Å². The lowest BCUT2D eigenvalue weighted by molar-refractivity contribution is -0.393. The molecule has 0 bridgehead atoms. The maximum Gasteiger partial charge on any atom is 0.299 e. The van der Waals surface area contributed by atoms with Gasteiger partial charge in [-0.2, -0.15) is 0 Å². The van der Waals surface area contributed by atoms with Crippen molar-refractivity contribution in [3.05, 3.63) is 108 Å². The fourth-order valence-electron chi connectivity index (χ4n) is 5.88. The van der Waals surface area contributed by atoms with Gasteiger partial charge in [-0.15, -0.1) is 4.99 Å². The number of rotatable bonds is 25. The van der Waals surface area contributed by atoms with Gasteiger partial charge < -0.3 is 88.2 Å². The first kappa shape index (κ1) is 56.6. The fourth-order valence-corrected chi connectivity index (χ4v) is 5.88. The van der Waals surface area contributed by atoms with E-state index in [0.29, 0.717) is 11.0 Å². The molecule has 26 N–H and O–H groups in total. The first-order valence-corrected chi connectivity index (χ1v) is 19.7. The average Bonchev–Trinajstić information content (AvgIpc) is 3.30. The van der Waals surface area contributed by atoms with Gasteiger partial charge in [0.15, 0.2) is 23.8 Å². The van der Waals surface area contributed by atoms with Crippen molar-refractivity contribution in [2.24, 2.45) is 71.6 Å². The topological polar surface area (TPSA) is 641 Å². The summed E-state index contributed by atoms with van der Waals surface area (Å²) in [6, 6.07) is 9.67. The number of nitrogens with two attached hydrogens (primary N) is 9. The van der Waals surface area contributed by atoms with E-state index in [0.717, 1.165) is 30.3 Å². The van der Waals surface area contributed by atoms with Gasteiger partial charge in [-0.3, -0.25) is 59.1 Å². The molecule has 0 aliphatic heterocycles. The molecule has 38 heteroatoms. The van der Waals surface area contributed by atoms with E-state index in [9.17, 15) is 64.2 Å². The lowest BCUT2D eigenvalue weighted by Crippen LogP contribution is -2.58. The molecule has 0 fully saturated rings. The van der Waals surface area contributed by atoms with Gasteiger partial charge in [0.05, 0.1) is 33.1 Å². The van der Waals surface area contributed by atoms with Gasteiger partial charge >= 0.3 is 0 Å². The molecule has 0 radical (unpaired) electrons. The Kier molecular flexibility index (Phi) is 19.8. The van der Waals surface area contributed by atoms with Crippen molar-refractivity contribution >= 4 is 87.7 Å². The van der Waals surface area contributed by atoms with Crippen molar-refractivity contribution in [2.45, 2.75) is 43.5 Å². The van der Waals surface area contributed by atoms with Crippen molar-refractivity contribution in [2.75, 3.05) is 10.4 Å². The SMILES string of the molecule is NC(=O)C(N=C(N)N)NC(=O)C(N=C(N)N)NC(=O)C(N=C(N)N)NC(=O)C(N=C(N)N)NC(=O)C(NC(=O)C(O)N(Cc1ccc(NOO)cc1[N+](=O)[O-])c1ccc([N+](=O)[O-])cc1[N+](=O)[O-])c1ccccc1. The molecule has 38 nitrogen and oxygen atoms in total. The zero-order valence-electron chi connectivity index (χ0n) is 37.0. The van der Waals surface area contributed by atoms with Gasteiger partial charge in [-0.1, -0.05) is 30.3 Å². The number of aliphatic hydroxyl groups is 1. The summed E-state index contributed by atoms with van der Waals surface area (Å²) in [6.45, 7) is -0.952. The van der Waals surface area contributed by atoms with Crippen molar-refractivity contribution in [1.29, 1.82) is 0 Å². The fraction of sp³-hybridized carbons (Fsp3) is 0.200. The second-order valence-electron chi connectivity index (χ2n) is 14.1. The number of benzene rings is 3. The second kappa shape index (κ2) is 25.6. The van der Waals surface area contributed by atoms with Crippen LogP contribution in [-0.4, -0.2) is 115 Å². The van der Waals surface area contributed by atoms with Crippen LogP contribution in [0.5, 0.6) is 0 Å². The average molecular weight is 1030 g/mol. The minimum Gasteiger partial charge on any atom is -0.370 e. The van der Waals surface area contributed by atoms with Crippen LogP contribution in [0.2, 0.25) is 0 Å². The highest BCUT2D eigenvalue weighted by Gasteiger charge is 2.37. The van der Waals surface area contributed by atoms with E-state index in [1.54, 1.807) is 0 Å². The summed E-state index contributed by atoms with van der Waals surface area (Å²) in [4.78, 5) is 132. The molecule has 0 saturated carbocycles. The van der Waals surface area contributed by atoms with Gasteiger partial charge in [-0.05, 0) is 23.8 Å². The molecule has 0 saturated heterocycles. The molecule has 390 valence electrons. The standard InChI is InChI=1S/C35H45N23O15/c36-21(59)22(50-32(37)38)46-27(61)24(52-34(41)42)48-29(63)25(53-35(43)44)49-28(62)23(51-33(39)40)47-26(60)20(13-4-2-1-3-5-13)45-30(64)31(65)55(17-9-8-16(56(66)67)11-19(17)58(70)71)12-14-6-7-15(54-73-72)10-18(14)57(68)69/h1-11,20,22-25,31,54,65,72H,12H2,(H2,36,59)(H,45,64)(H,46,61)(H,47,60)(H,48,63)(H,49,62)(H4,37,38,50)(H4,39,40,51)(H4,41,42,52)(H4,43,44,53). The van der Waals surface area contributed by atoms with Crippen LogP contribution in [0.3, 0.4) is 0 Å². The number of non-ortho nitro benzene ring substituents is 1. The first-order chi connectivity index (χ1) is 34.2. The van der Waals surface area contributed by atoms with Crippen LogP contribution >= 0.6 is 0 Å². The van der Waals surface area contributed by atoms with Crippen molar-refractivity contribution in [1.82, 2.24) is 26.6 Å². The second-order valence-corrected chi connectivity index (χ2v) is 14.1. The largest absolute Gasteiger partial charge is 0.370 e. The number of hydrogen-bond donors (Lipinski definition) is 17. The zero-order chi connectivity index (χ0) is 54.9. The summed E-state index contributed by atoms with van der Waals surface area (Å²) in [7, 11) is 0. The molecule has 6 unspecified atom stereocenters. The van der Waals surface area contributed by atoms with E-state index < -0.39 is 140 Å². The molecule has 0 aliphatic carbocycles. The molecule has 73 heavy (non-hydrogen) atoms. The number of primary amides is 1. The van der Waals surface area contributed by atoms with Crippen LogP contribution in [0.15, 0.2) is 86.7 Å². The monoisotopic (exact) mass is 1030 g/mol. The molecule has 0 aliphatic rings. The van der Waals surface area contributed by atoms with Crippen LogP contribution in [0, 0.1) is 30.3 Å². The van der Waals surface area contributed by atoms with Crippen LogP contribution in [0.1, 0.15) is 17.2 Å². The Morgan fingerprint density at radius 3 is 1.48 bits per heavy atom. The third-order valence-corrected chi connectivity index (χ3v) is 8.92. The lowest BCUT2D eigenvalue weighted by Gasteiger charge is -2.30. The number of guanidine groups is 4. The molecular weight excluding hydrogens is 983 g/mol. The maximum atomic E-state index is 14.2. The Hall–Kier alpha value is -10.8. The Balaban J connectivity index is 2.08. The van der Waals surface area contributed by atoms with Crippen molar-refractivity contribution in [3.8, 4) is 0 Å². The van der Waals surface area contributed by atoms with Crippen molar-refractivity contribution < 1.29 is 58.9 Å². The molecule has 3 rings (SSSR count). The number of carbonyl (C=O) groups excluding carboxylic acids is 6. The third kappa shape index (κ3) is 16.5. The van der Waals surface area contributed by atoms with E-state index in [1.807, 2.05) is 21.4 Å². The van der Waals surface area contributed by atoms with Crippen molar-refractivity contribution in [3.63, 3.8) is 0 Å². The molecule has 0 heterocycles. The van der Waals surface area contributed by atoms with Gasteiger partial charge in [-0.25, -0.2) is 30.7 Å². The van der Waals surface area contributed by atoms with Crippen LogP contribution in [-0.2, 0) is 40.3 Å². The lowest BCUT2D eigenvalue weighted by atomic mass is 10.1. The minimum atomic E-state index is -2.67. The summed E-state index contributed by atoms with van der Waals surface area (Å²) in [5.41, 5.74) is 46.4. The molecule has 0 aromatic heterocycles. The molecule has 6 amide bonds. The number of nitrogens with zero attached hydrogens (tertiary/aromatic N) is 8. The molecule has 6 atom stereocenters. The Bertz CT molecular complexity index is 2720. The highest BCUT2D eigenvalue weighted by Crippen LogP contribution is 2.36. The predicted octanol–water partition coefficient (Wildman–Crippen LogP) is -7.24. The Morgan fingerprint density at radius 2 is 1.04 bits per heavy atom. The molecule has 3 aromatic carbocycles. The third-order valence-electron chi connectivity index (χ3n) is 8.92. The number of carbonyl (C=O) groups is 6. The van der Waals surface area contributed by atoms with Crippen LogP contribution in [0.4, 0.5) is 28.4 Å². The summed E-state index contributed by atoms with van der Waals surface area (Å²) in [5, 5.41) is 66.6. The number of aliphatic hydroxyl groups excluding tert-OH is 1. The summed E-state index contributed by atoms with van der Waals surface area (Å²) in [6.07, 6.45) is -11.3. The number of anilines is 2. The van der Waals surface area contributed by atoms with E-state index in [4.69, 9.17) is 56.9 Å². The number of nitro groups is 3.